The molecule has 1 N–H and O–H groups in total. The molecule has 0 spiro atoms. The number of hydrogen-bond donors (Lipinski definition) is 1. The van der Waals surface area contributed by atoms with Gasteiger partial charge in [-0.05, 0) is 54.6 Å². The van der Waals surface area contributed by atoms with Crippen LogP contribution in [0.25, 0.3) is 0 Å². The van der Waals surface area contributed by atoms with Gasteiger partial charge in [0.2, 0.25) is 0 Å². The second kappa shape index (κ2) is 6.32. The van der Waals surface area contributed by atoms with Crippen LogP contribution in [0.15, 0.2) is 42.5 Å². The average Bonchev–Trinajstić information content (AvgIpc) is 2.83. The highest BCUT2D eigenvalue weighted by Crippen LogP contribution is 2.35. The molecule has 0 bridgehead atoms. The molecule has 2 aliphatic rings. The third-order valence-electron chi connectivity index (χ3n) is 5.18. The van der Waals surface area contributed by atoms with Crippen molar-refractivity contribution >= 4 is 5.69 Å². The van der Waals surface area contributed by atoms with Crippen LogP contribution in [0, 0.1) is 5.82 Å². The standard InChI is InChI=1S/C20H23FN2/c21-19-9-10-20-17(18(19)13-15-5-2-1-3-6-15)8-7-16-14-22-11-4-12-23(16)20/h1-3,5-6,9-10,16,22H,4,7-8,11-14H2/t16-/m1/s1. The third-order valence-corrected chi connectivity index (χ3v) is 5.18. The predicted molar refractivity (Wildman–Crippen MR) is 92.6 cm³/mol. The molecule has 2 nitrogen and oxygen atoms in total. The van der Waals surface area contributed by atoms with Crippen LogP contribution < -0.4 is 10.2 Å². The van der Waals surface area contributed by atoms with Gasteiger partial charge in [-0.2, -0.15) is 0 Å². The van der Waals surface area contributed by atoms with Crippen LogP contribution in [0.1, 0.15) is 29.5 Å². The molecule has 1 atom stereocenters. The Labute approximate surface area is 137 Å². The maximum absolute atomic E-state index is 14.5. The molecule has 4 rings (SSSR count). The van der Waals surface area contributed by atoms with Gasteiger partial charge in [-0.15, -0.1) is 0 Å². The van der Waals surface area contributed by atoms with E-state index in [0.29, 0.717) is 12.5 Å². The highest BCUT2D eigenvalue weighted by Gasteiger charge is 2.29. The van der Waals surface area contributed by atoms with Crippen LogP contribution in [0.4, 0.5) is 10.1 Å². The summed E-state index contributed by atoms with van der Waals surface area (Å²) in [5.41, 5.74) is 4.56. The Morgan fingerprint density at radius 2 is 2.00 bits per heavy atom. The molecule has 0 amide bonds. The highest BCUT2D eigenvalue weighted by molar-refractivity contribution is 5.60. The lowest BCUT2D eigenvalue weighted by atomic mass is 9.89. The van der Waals surface area contributed by atoms with Crippen molar-refractivity contribution in [3.8, 4) is 0 Å². The highest BCUT2D eigenvalue weighted by atomic mass is 19.1. The molecule has 2 heterocycles. The first kappa shape index (κ1) is 14.7. The molecule has 0 radical (unpaired) electrons. The van der Waals surface area contributed by atoms with E-state index in [0.717, 1.165) is 44.5 Å². The number of anilines is 1. The van der Waals surface area contributed by atoms with Crippen molar-refractivity contribution in [3.05, 3.63) is 65.0 Å². The van der Waals surface area contributed by atoms with E-state index in [4.69, 9.17) is 0 Å². The maximum Gasteiger partial charge on any atom is 0.127 e. The average molecular weight is 310 g/mol. The van der Waals surface area contributed by atoms with Crippen LogP contribution in [-0.4, -0.2) is 25.7 Å². The Kier molecular flexibility index (Phi) is 4.04. The zero-order valence-corrected chi connectivity index (χ0v) is 13.4. The summed E-state index contributed by atoms with van der Waals surface area (Å²) in [6.45, 7) is 3.20. The number of hydrogen-bond acceptors (Lipinski definition) is 2. The largest absolute Gasteiger partial charge is 0.367 e. The van der Waals surface area contributed by atoms with Crippen molar-refractivity contribution in [2.75, 3.05) is 24.5 Å². The van der Waals surface area contributed by atoms with Gasteiger partial charge in [-0.1, -0.05) is 30.3 Å². The van der Waals surface area contributed by atoms with E-state index in [2.05, 4.69) is 22.3 Å². The van der Waals surface area contributed by atoms with Crippen molar-refractivity contribution in [2.45, 2.75) is 31.7 Å². The van der Waals surface area contributed by atoms with E-state index in [1.807, 2.05) is 24.3 Å². The number of rotatable bonds is 2. The number of benzene rings is 2. The second-order valence-corrected chi connectivity index (χ2v) is 6.63. The molecule has 23 heavy (non-hydrogen) atoms. The smallest absolute Gasteiger partial charge is 0.127 e. The van der Waals surface area contributed by atoms with Gasteiger partial charge in [0.1, 0.15) is 5.82 Å². The first-order valence-corrected chi connectivity index (χ1v) is 8.64. The molecule has 0 aromatic heterocycles. The van der Waals surface area contributed by atoms with Crippen molar-refractivity contribution in [1.29, 1.82) is 0 Å². The van der Waals surface area contributed by atoms with Gasteiger partial charge in [0.15, 0.2) is 0 Å². The molecule has 0 saturated carbocycles. The Balaban J connectivity index is 1.72. The fourth-order valence-corrected chi connectivity index (χ4v) is 4.01. The van der Waals surface area contributed by atoms with Crippen LogP contribution in [0.5, 0.6) is 0 Å². The zero-order valence-electron chi connectivity index (χ0n) is 13.4. The third kappa shape index (κ3) is 2.86. The summed E-state index contributed by atoms with van der Waals surface area (Å²) in [4.78, 5) is 2.51. The van der Waals surface area contributed by atoms with Crippen molar-refractivity contribution < 1.29 is 4.39 Å². The summed E-state index contributed by atoms with van der Waals surface area (Å²) in [7, 11) is 0. The Morgan fingerprint density at radius 3 is 2.87 bits per heavy atom. The van der Waals surface area contributed by atoms with Crippen LogP contribution >= 0.6 is 0 Å². The Morgan fingerprint density at radius 1 is 1.13 bits per heavy atom. The minimum Gasteiger partial charge on any atom is -0.367 e. The maximum atomic E-state index is 14.5. The van der Waals surface area contributed by atoms with Gasteiger partial charge >= 0.3 is 0 Å². The first-order valence-electron chi connectivity index (χ1n) is 8.64. The van der Waals surface area contributed by atoms with E-state index in [1.54, 1.807) is 6.07 Å². The molecule has 0 unspecified atom stereocenters. The molecule has 2 aliphatic heterocycles. The van der Waals surface area contributed by atoms with E-state index in [-0.39, 0.29) is 5.82 Å². The predicted octanol–water partition coefficient (Wildman–Crippen LogP) is 3.53. The number of halogens is 1. The molecule has 120 valence electrons. The monoisotopic (exact) mass is 310 g/mol. The lowest BCUT2D eigenvalue weighted by molar-refractivity contribution is 0.522. The minimum absolute atomic E-state index is 0.0565. The van der Waals surface area contributed by atoms with Crippen molar-refractivity contribution in [1.82, 2.24) is 5.32 Å². The lowest BCUT2D eigenvalue weighted by Gasteiger charge is -2.38. The summed E-state index contributed by atoms with van der Waals surface area (Å²) in [6, 6.07) is 14.4. The van der Waals surface area contributed by atoms with Gasteiger partial charge in [0, 0.05) is 31.2 Å². The first-order chi connectivity index (χ1) is 11.3. The minimum atomic E-state index is -0.0565. The molecule has 3 heteroatoms. The Hall–Kier alpha value is -1.87. The van der Waals surface area contributed by atoms with E-state index in [9.17, 15) is 4.39 Å². The SMILES string of the molecule is Fc1ccc2c(c1Cc1ccccc1)CC[C@@H]1CNCCCN21. The Bertz CT molecular complexity index is 684. The van der Waals surface area contributed by atoms with E-state index < -0.39 is 0 Å². The molecule has 2 aromatic carbocycles. The van der Waals surface area contributed by atoms with Gasteiger partial charge in [-0.25, -0.2) is 4.39 Å². The fraction of sp³-hybridized carbons (Fsp3) is 0.400. The normalized spacial score (nSPS) is 20.6. The molecule has 0 aliphatic carbocycles. The molecular weight excluding hydrogens is 287 g/mol. The van der Waals surface area contributed by atoms with Gasteiger partial charge in [0.25, 0.3) is 0 Å². The second-order valence-electron chi connectivity index (χ2n) is 6.63. The topological polar surface area (TPSA) is 15.3 Å². The van der Waals surface area contributed by atoms with Crippen molar-refractivity contribution in [3.63, 3.8) is 0 Å². The van der Waals surface area contributed by atoms with Crippen LogP contribution in [0.3, 0.4) is 0 Å². The summed E-state index contributed by atoms with van der Waals surface area (Å²) < 4.78 is 14.5. The van der Waals surface area contributed by atoms with Crippen molar-refractivity contribution in [2.24, 2.45) is 0 Å². The van der Waals surface area contributed by atoms with Crippen LogP contribution in [-0.2, 0) is 12.8 Å². The molecule has 1 saturated heterocycles. The lowest BCUT2D eigenvalue weighted by Crippen LogP contribution is -2.43. The fourth-order valence-electron chi connectivity index (χ4n) is 4.01. The summed E-state index contributed by atoms with van der Waals surface area (Å²) in [6.07, 6.45) is 3.94. The van der Waals surface area contributed by atoms with E-state index in [1.165, 1.54) is 16.8 Å². The summed E-state index contributed by atoms with van der Waals surface area (Å²) in [5, 5.41) is 3.53. The van der Waals surface area contributed by atoms with Crippen LogP contribution in [0.2, 0.25) is 0 Å². The zero-order chi connectivity index (χ0) is 15.6. The van der Waals surface area contributed by atoms with E-state index >= 15 is 0 Å². The number of fused-ring (bicyclic) bond motifs is 3. The van der Waals surface area contributed by atoms with Gasteiger partial charge < -0.3 is 10.2 Å². The molecule has 1 fully saturated rings. The molecule has 2 aromatic rings. The van der Waals surface area contributed by atoms with Gasteiger partial charge in [0.05, 0.1) is 0 Å². The molecular formula is C20H23FN2. The number of nitrogens with one attached hydrogen (secondary N) is 1. The van der Waals surface area contributed by atoms with Gasteiger partial charge in [-0.3, -0.25) is 0 Å². The summed E-state index contributed by atoms with van der Waals surface area (Å²) >= 11 is 0. The summed E-state index contributed by atoms with van der Waals surface area (Å²) in [5.74, 6) is -0.0565. The quantitative estimate of drug-likeness (QED) is 0.913. The number of nitrogens with zero attached hydrogens (tertiary/aromatic N) is 1.